The average Bonchev–Trinajstić information content (AvgIpc) is 2.29. The first-order chi connectivity index (χ1) is 9.11. The summed E-state index contributed by atoms with van der Waals surface area (Å²) in [6.45, 7) is 2.69. The first-order valence-corrected chi connectivity index (χ1v) is 5.66. The number of carbonyl (C=O) groups excluding carboxylic acids is 2. The predicted molar refractivity (Wildman–Crippen MR) is 67.0 cm³/mol. The topological polar surface area (TPSA) is 84.2 Å². The first-order valence-electron chi connectivity index (χ1n) is 5.66. The molecule has 0 heterocycles. The molecule has 0 fully saturated rings. The molecule has 8 heteroatoms. The number of amides is 3. The number of anilines is 1. The molecular formula is C12H14F3N3O2. The molecule has 1 rings (SSSR count). The molecule has 1 aromatic carbocycles. The molecule has 0 radical (unpaired) electrons. The summed E-state index contributed by atoms with van der Waals surface area (Å²) >= 11 is 0. The Labute approximate surface area is 113 Å². The molecule has 0 aromatic heterocycles. The van der Waals surface area contributed by atoms with Gasteiger partial charge >= 0.3 is 12.2 Å². The maximum atomic E-state index is 12.7. The largest absolute Gasteiger partial charge is 0.416 e. The molecule has 0 saturated heterocycles. The lowest BCUT2D eigenvalue weighted by molar-refractivity contribution is -0.138. The lowest BCUT2D eigenvalue weighted by Gasteiger charge is -2.15. The van der Waals surface area contributed by atoms with Crippen LogP contribution < -0.4 is 16.4 Å². The van der Waals surface area contributed by atoms with E-state index in [1.807, 2.05) is 0 Å². The first kappa shape index (κ1) is 15.8. The smallest absolute Gasteiger partial charge is 0.352 e. The van der Waals surface area contributed by atoms with E-state index in [2.05, 4.69) is 10.6 Å². The summed E-state index contributed by atoms with van der Waals surface area (Å²) in [6.07, 6.45) is -4.50. The summed E-state index contributed by atoms with van der Waals surface area (Å²) < 4.78 is 38.1. The van der Waals surface area contributed by atoms with Gasteiger partial charge in [-0.2, -0.15) is 13.2 Å². The summed E-state index contributed by atoms with van der Waals surface area (Å²) in [5, 5.41) is 4.40. The van der Waals surface area contributed by atoms with Gasteiger partial charge in [0.25, 0.3) is 0 Å². The minimum atomic E-state index is -4.50. The average molecular weight is 289 g/mol. The Morgan fingerprint density at radius 3 is 2.40 bits per heavy atom. The van der Waals surface area contributed by atoms with Crippen molar-refractivity contribution in [3.05, 3.63) is 29.3 Å². The second-order valence-corrected chi connectivity index (χ2v) is 4.25. The Balaban J connectivity index is 2.89. The van der Waals surface area contributed by atoms with Crippen LogP contribution in [0.25, 0.3) is 0 Å². The van der Waals surface area contributed by atoms with E-state index in [9.17, 15) is 22.8 Å². The molecule has 0 saturated carbocycles. The third-order valence-corrected chi connectivity index (χ3v) is 2.56. The van der Waals surface area contributed by atoms with Crippen LogP contribution in [-0.4, -0.2) is 18.0 Å². The minimum Gasteiger partial charge on any atom is -0.352 e. The number of benzene rings is 1. The van der Waals surface area contributed by atoms with E-state index in [1.54, 1.807) is 0 Å². The summed E-state index contributed by atoms with van der Waals surface area (Å²) in [6, 6.07) is 1.59. The highest BCUT2D eigenvalue weighted by Crippen LogP contribution is 2.33. The van der Waals surface area contributed by atoms with Gasteiger partial charge in [-0.15, -0.1) is 0 Å². The van der Waals surface area contributed by atoms with E-state index in [-0.39, 0.29) is 11.3 Å². The van der Waals surface area contributed by atoms with Crippen molar-refractivity contribution >= 4 is 17.6 Å². The van der Waals surface area contributed by atoms with Crippen LogP contribution in [0.2, 0.25) is 0 Å². The van der Waals surface area contributed by atoms with Crippen LogP contribution in [-0.2, 0) is 11.0 Å². The normalized spacial score (nSPS) is 12.7. The van der Waals surface area contributed by atoms with Crippen molar-refractivity contribution in [2.45, 2.75) is 26.1 Å². The van der Waals surface area contributed by atoms with Crippen molar-refractivity contribution in [2.24, 2.45) is 5.73 Å². The number of carbonyl (C=O) groups is 2. The molecule has 110 valence electrons. The number of hydrogen-bond donors (Lipinski definition) is 3. The van der Waals surface area contributed by atoms with Crippen molar-refractivity contribution in [3.63, 3.8) is 0 Å². The van der Waals surface area contributed by atoms with Crippen molar-refractivity contribution < 1.29 is 22.8 Å². The van der Waals surface area contributed by atoms with Gasteiger partial charge in [0.1, 0.15) is 6.04 Å². The van der Waals surface area contributed by atoms with E-state index in [0.29, 0.717) is 0 Å². The van der Waals surface area contributed by atoms with Crippen LogP contribution >= 0.6 is 0 Å². The molecule has 0 unspecified atom stereocenters. The molecular weight excluding hydrogens is 275 g/mol. The summed E-state index contributed by atoms with van der Waals surface area (Å²) in [5.74, 6) is -0.666. The standard InChI is InChI=1S/C12H14F3N3O2/c1-6-3-4-8(5-9(6)12(13,14)15)18-10(19)7(2)17-11(16)20/h3-5,7H,1-2H3,(H,18,19)(H3,16,17,20)/t7-/m0/s1. The Bertz CT molecular complexity index is 529. The number of primary amides is 1. The van der Waals surface area contributed by atoms with Gasteiger partial charge < -0.3 is 16.4 Å². The molecule has 0 aliphatic rings. The Kier molecular flexibility index (Phi) is 4.59. The molecule has 0 aliphatic carbocycles. The zero-order valence-electron chi connectivity index (χ0n) is 10.8. The molecule has 20 heavy (non-hydrogen) atoms. The zero-order valence-corrected chi connectivity index (χ0v) is 10.8. The Morgan fingerprint density at radius 2 is 1.90 bits per heavy atom. The lowest BCUT2D eigenvalue weighted by atomic mass is 10.1. The number of nitrogens with two attached hydrogens (primary N) is 1. The second-order valence-electron chi connectivity index (χ2n) is 4.25. The summed E-state index contributed by atoms with van der Waals surface area (Å²) in [5.41, 5.74) is 4.07. The SMILES string of the molecule is Cc1ccc(NC(=O)[C@H](C)NC(N)=O)cc1C(F)(F)F. The predicted octanol–water partition coefficient (Wildman–Crippen LogP) is 2.01. The number of urea groups is 1. The minimum absolute atomic E-state index is 0.00829. The van der Waals surface area contributed by atoms with E-state index >= 15 is 0 Å². The van der Waals surface area contributed by atoms with Gasteiger partial charge in [0, 0.05) is 5.69 Å². The van der Waals surface area contributed by atoms with Gasteiger partial charge in [0.15, 0.2) is 0 Å². The van der Waals surface area contributed by atoms with Crippen LogP contribution in [0.4, 0.5) is 23.7 Å². The zero-order chi connectivity index (χ0) is 15.5. The van der Waals surface area contributed by atoms with Gasteiger partial charge in [-0.25, -0.2) is 4.79 Å². The van der Waals surface area contributed by atoms with Crippen molar-refractivity contribution in [1.82, 2.24) is 5.32 Å². The molecule has 5 nitrogen and oxygen atoms in total. The second kappa shape index (κ2) is 5.81. The highest BCUT2D eigenvalue weighted by Gasteiger charge is 2.32. The number of aryl methyl sites for hydroxylation is 1. The fourth-order valence-corrected chi connectivity index (χ4v) is 1.53. The maximum Gasteiger partial charge on any atom is 0.416 e. The van der Waals surface area contributed by atoms with Crippen LogP contribution in [0.1, 0.15) is 18.1 Å². The Hall–Kier alpha value is -2.25. The van der Waals surface area contributed by atoms with Gasteiger partial charge in [0.05, 0.1) is 5.56 Å². The molecule has 1 atom stereocenters. The van der Waals surface area contributed by atoms with Crippen molar-refractivity contribution in [1.29, 1.82) is 0 Å². The van der Waals surface area contributed by atoms with Crippen LogP contribution in [0.5, 0.6) is 0 Å². The third kappa shape index (κ3) is 4.15. The number of rotatable bonds is 3. The van der Waals surface area contributed by atoms with Crippen LogP contribution in [0, 0.1) is 6.92 Å². The van der Waals surface area contributed by atoms with Crippen LogP contribution in [0.15, 0.2) is 18.2 Å². The van der Waals surface area contributed by atoms with E-state index in [4.69, 9.17) is 5.73 Å². The van der Waals surface area contributed by atoms with Gasteiger partial charge in [0.2, 0.25) is 5.91 Å². The highest BCUT2D eigenvalue weighted by molar-refractivity contribution is 5.96. The van der Waals surface area contributed by atoms with E-state index in [1.165, 1.54) is 26.0 Å². The van der Waals surface area contributed by atoms with E-state index in [0.717, 1.165) is 6.07 Å². The monoisotopic (exact) mass is 289 g/mol. The quantitative estimate of drug-likeness (QED) is 0.795. The number of hydrogen-bond acceptors (Lipinski definition) is 2. The summed E-state index contributed by atoms with van der Waals surface area (Å²) in [4.78, 5) is 22.2. The molecule has 0 spiro atoms. The molecule has 0 aliphatic heterocycles. The van der Waals surface area contributed by atoms with Crippen LogP contribution in [0.3, 0.4) is 0 Å². The number of nitrogens with one attached hydrogen (secondary N) is 2. The molecule has 3 amide bonds. The van der Waals surface area contributed by atoms with Crippen molar-refractivity contribution in [2.75, 3.05) is 5.32 Å². The van der Waals surface area contributed by atoms with Crippen molar-refractivity contribution in [3.8, 4) is 0 Å². The maximum absolute atomic E-state index is 12.7. The fourth-order valence-electron chi connectivity index (χ4n) is 1.53. The van der Waals surface area contributed by atoms with E-state index < -0.39 is 29.7 Å². The fraction of sp³-hybridized carbons (Fsp3) is 0.333. The van der Waals surface area contributed by atoms with Gasteiger partial charge in [-0.05, 0) is 31.5 Å². The third-order valence-electron chi connectivity index (χ3n) is 2.56. The summed E-state index contributed by atoms with van der Waals surface area (Å²) in [7, 11) is 0. The lowest BCUT2D eigenvalue weighted by Crippen LogP contribution is -2.44. The molecule has 4 N–H and O–H groups in total. The molecule has 1 aromatic rings. The van der Waals surface area contributed by atoms with Gasteiger partial charge in [-0.3, -0.25) is 4.79 Å². The Morgan fingerprint density at radius 1 is 1.30 bits per heavy atom. The number of alkyl halides is 3. The number of halogens is 3. The van der Waals surface area contributed by atoms with Gasteiger partial charge in [-0.1, -0.05) is 6.07 Å². The molecule has 0 bridgehead atoms. The highest BCUT2D eigenvalue weighted by atomic mass is 19.4.